The molecule has 108 valence electrons. The van der Waals surface area contributed by atoms with E-state index in [1.54, 1.807) is 7.11 Å². The van der Waals surface area contributed by atoms with Gasteiger partial charge in [-0.05, 0) is 75.0 Å². The summed E-state index contributed by atoms with van der Waals surface area (Å²) in [5.41, 5.74) is 0. The van der Waals surface area contributed by atoms with Crippen molar-refractivity contribution >= 4 is 0 Å². The summed E-state index contributed by atoms with van der Waals surface area (Å²) in [6, 6.07) is 0. The third-order valence-corrected chi connectivity index (χ3v) is 5.30. The molecule has 1 heteroatoms. The molecule has 0 aliphatic heterocycles. The molecule has 2 saturated carbocycles. The van der Waals surface area contributed by atoms with E-state index in [2.05, 4.69) is 24.8 Å². The number of hydrogen-bond donors (Lipinski definition) is 0. The van der Waals surface area contributed by atoms with Crippen molar-refractivity contribution < 1.29 is 4.74 Å². The average molecular weight is 262 g/mol. The minimum absolute atomic E-state index is 0.769. The Kier molecular flexibility index (Phi) is 6.16. The van der Waals surface area contributed by atoms with Gasteiger partial charge in [0.15, 0.2) is 0 Å². The maximum Gasteiger partial charge on any atom is 0.0643 e. The number of rotatable bonds is 5. The second-order valence-electron chi connectivity index (χ2n) is 6.47. The monoisotopic (exact) mass is 262 g/mol. The Bertz CT molecular complexity index is 278. The lowest BCUT2D eigenvalue weighted by Crippen LogP contribution is -2.25. The van der Waals surface area contributed by atoms with Crippen molar-refractivity contribution in [2.24, 2.45) is 23.7 Å². The molecule has 2 rings (SSSR count). The topological polar surface area (TPSA) is 9.23 Å². The predicted octanol–water partition coefficient (Wildman–Crippen LogP) is 4.99. The van der Waals surface area contributed by atoms with Crippen molar-refractivity contribution in [2.75, 3.05) is 13.7 Å². The molecule has 0 heterocycles. The number of ether oxygens (including phenoxy) is 1. The highest BCUT2D eigenvalue weighted by Crippen LogP contribution is 2.41. The van der Waals surface area contributed by atoms with Gasteiger partial charge >= 0.3 is 0 Å². The van der Waals surface area contributed by atoms with Gasteiger partial charge in [-0.15, -0.1) is 6.58 Å². The molecule has 0 amide bonds. The summed E-state index contributed by atoms with van der Waals surface area (Å²) >= 11 is 0. The highest BCUT2D eigenvalue weighted by molar-refractivity contribution is 4.93. The molecule has 0 spiro atoms. The van der Waals surface area contributed by atoms with E-state index in [0.29, 0.717) is 0 Å². The van der Waals surface area contributed by atoms with Crippen LogP contribution in [0.4, 0.5) is 0 Å². The standard InChI is InChI=1S/C18H30O/c1-3-15-6-10-17(11-7-15)18-12-8-16(9-13-18)5-4-14-19-2/h3-5,15-18H,1,6-14H2,2H3/b5-4+/t15-,16?,17-,18?. The van der Waals surface area contributed by atoms with E-state index in [0.717, 1.165) is 30.3 Å². The first-order chi connectivity index (χ1) is 9.33. The zero-order chi connectivity index (χ0) is 13.5. The molecule has 0 radical (unpaired) electrons. The van der Waals surface area contributed by atoms with Crippen LogP contribution in [0.2, 0.25) is 0 Å². The second-order valence-corrected chi connectivity index (χ2v) is 6.47. The maximum absolute atomic E-state index is 5.07. The Morgan fingerprint density at radius 1 is 0.895 bits per heavy atom. The SMILES string of the molecule is C=C[C@H]1CC[C@H](C2CCC(/C=C/COC)CC2)CC1. The number of allylic oxidation sites excluding steroid dienone is 2. The molecule has 0 aromatic heterocycles. The van der Waals surface area contributed by atoms with Crippen LogP contribution in [0.25, 0.3) is 0 Å². The van der Waals surface area contributed by atoms with Gasteiger partial charge < -0.3 is 4.74 Å². The van der Waals surface area contributed by atoms with Crippen LogP contribution >= 0.6 is 0 Å². The highest BCUT2D eigenvalue weighted by atomic mass is 16.5. The molecule has 2 aliphatic rings. The van der Waals surface area contributed by atoms with Crippen LogP contribution in [-0.4, -0.2) is 13.7 Å². The average Bonchev–Trinajstić information content (AvgIpc) is 2.48. The molecular formula is C18H30O. The van der Waals surface area contributed by atoms with Gasteiger partial charge in [-0.2, -0.15) is 0 Å². The maximum atomic E-state index is 5.07. The molecule has 0 aromatic rings. The van der Waals surface area contributed by atoms with Crippen molar-refractivity contribution in [3.63, 3.8) is 0 Å². The zero-order valence-electron chi connectivity index (χ0n) is 12.5. The normalized spacial score (nSPS) is 36.5. The van der Waals surface area contributed by atoms with Crippen molar-refractivity contribution in [2.45, 2.75) is 51.4 Å². The van der Waals surface area contributed by atoms with Crippen LogP contribution in [-0.2, 0) is 4.74 Å². The Balaban J connectivity index is 1.70. The zero-order valence-corrected chi connectivity index (χ0v) is 12.5. The molecule has 1 nitrogen and oxygen atoms in total. The van der Waals surface area contributed by atoms with Gasteiger partial charge in [0, 0.05) is 7.11 Å². The van der Waals surface area contributed by atoms with E-state index in [4.69, 9.17) is 4.74 Å². The number of hydrogen-bond acceptors (Lipinski definition) is 1. The minimum atomic E-state index is 0.769. The van der Waals surface area contributed by atoms with Gasteiger partial charge in [-0.25, -0.2) is 0 Å². The molecule has 2 fully saturated rings. The van der Waals surface area contributed by atoms with Gasteiger partial charge in [-0.1, -0.05) is 18.2 Å². The van der Waals surface area contributed by atoms with E-state index < -0.39 is 0 Å². The molecular weight excluding hydrogens is 232 g/mol. The summed E-state index contributed by atoms with van der Waals surface area (Å²) in [4.78, 5) is 0. The van der Waals surface area contributed by atoms with Gasteiger partial charge in [0.2, 0.25) is 0 Å². The van der Waals surface area contributed by atoms with Crippen LogP contribution in [0.15, 0.2) is 24.8 Å². The fourth-order valence-electron chi connectivity index (χ4n) is 4.01. The van der Waals surface area contributed by atoms with Crippen LogP contribution in [0.5, 0.6) is 0 Å². The molecule has 0 bridgehead atoms. The first-order valence-corrected chi connectivity index (χ1v) is 8.11. The Hall–Kier alpha value is -0.560. The van der Waals surface area contributed by atoms with E-state index in [1.807, 2.05) is 0 Å². The third-order valence-electron chi connectivity index (χ3n) is 5.30. The summed E-state index contributed by atoms with van der Waals surface area (Å²) in [7, 11) is 1.76. The van der Waals surface area contributed by atoms with E-state index in [-0.39, 0.29) is 0 Å². The first kappa shape index (κ1) is 14.8. The fraction of sp³-hybridized carbons (Fsp3) is 0.778. The van der Waals surface area contributed by atoms with Gasteiger partial charge in [0.05, 0.1) is 6.61 Å². The number of methoxy groups -OCH3 is 1. The summed E-state index contributed by atoms with van der Waals surface area (Å²) in [6.07, 6.45) is 18.1. The minimum Gasteiger partial charge on any atom is -0.381 e. The van der Waals surface area contributed by atoms with Crippen LogP contribution in [0.3, 0.4) is 0 Å². The van der Waals surface area contributed by atoms with Crippen molar-refractivity contribution in [1.82, 2.24) is 0 Å². The Morgan fingerprint density at radius 3 is 1.89 bits per heavy atom. The molecule has 0 atom stereocenters. The molecule has 0 aromatic carbocycles. The molecule has 19 heavy (non-hydrogen) atoms. The fourth-order valence-corrected chi connectivity index (χ4v) is 4.01. The van der Waals surface area contributed by atoms with Crippen LogP contribution in [0, 0.1) is 23.7 Å². The van der Waals surface area contributed by atoms with E-state index in [9.17, 15) is 0 Å². The second kappa shape index (κ2) is 7.89. The molecule has 0 N–H and O–H groups in total. The Morgan fingerprint density at radius 2 is 1.42 bits per heavy atom. The van der Waals surface area contributed by atoms with Gasteiger partial charge in [-0.3, -0.25) is 0 Å². The van der Waals surface area contributed by atoms with E-state index in [1.165, 1.54) is 51.4 Å². The lowest BCUT2D eigenvalue weighted by Gasteiger charge is -2.36. The summed E-state index contributed by atoms with van der Waals surface area (Å²) < 4.78 is 5.07. The quantitative estimate of drug-likeness (QED) is 0.634. The summed E-state index contributed by atoms with van der Waals surface area (Å²) in [5, 5.41) is 0. The smallest absolute Gasteiger partial charge is 0.0643 e. The van der Waals surface area contributed by atoms with Crippen LogP contribution in [0.1, 0.15) is 51.4 Å². The highest BCUT2D eigenvalue weighted by Gasteiger charge is 2.29. The lowest BCUT2D eigenvalue weighted by atomic mass is 9.69. The third kappa shape index (κ3) is 4.49. The molecule has 0 saturated heterocycles. The summed E-state index contributed by atoms with van der Waals surface area (Å²) in [6.45, 7) is 4.72. The van der Waals surface area contributed by atoms with Crippen molar-refractivity contribution in [1.29, 1.82) is 0 Å². The van der Waals surface area contributed by atoms with Gasteiger partial charge in [0.25, 0.3) is 0 Å². The van der Waals surface area contributed by atoms with Crippen LogP contribution < -0.4 is 0 Å². The lowest BCUT2D eigenvalue weighted by molar-refractivity contribution is 0.166. The van der Waals surface area contributed by atoms with Crippen molar-refractivity contribution in [3.05, 3.63) is 24.8 Å². The van der Waals surface area contributed by atoms with Gasteiger partial charge in [0.1, 0.15) is 0 Å². The summed E-state index contributed by atoms with van der Waals surface area (Å²) in [5.74, 6) is 3.65. The van der Waals surface area contributed by atoms with Crippen molar-refractivity contribution in [3.8, 4) is 0 Å². The molecule has 2 aliphatic carbocycles. The largest absolute Gasteiger partial charge is 0.381 e. The predicted molar refractivity (Wildman–Crippen MR) is 82.1 cm³/mol. The molecule has 0 unspecified atom stereocenters. The Labute approximate surface area is 119 Å². The van der Waals surface area contributed by atoms with E-state index >= 15 is 0 Å². The first-order valence-electron chi connectivity index (χ1n) is 8.11.